The molecule has 3 heterocycles. The van der Waals surface area contributed by atoms with Gasteiger partial charge in [0.25, 0.3) is 0 Å². The molecule has 0 saturated carbocycles. The molecule has 0 radical (unpaired) electrons. The maximum absolute atomic E-state index is 12.5. The van der Waals surface area contributed by atoms with Crippen molar-refractivity contribution < 1.29 is 9.59 Å². The highest BCUT2D eigenvalue weighted by atomic mass is 16.1. The first-order valence-corrected chi connectivity index (χ1v) is 5.79. The lowest BCUT2D eigenvalue weighted by molar-refractivity contribution is 0.0969. The van der Waals surface area contributed by atoms with Gasteiger partial charge in [-0.1, -0.05) is 6.07 Å². The molecule has 0 amide bonds. The van der Waals surface area contributed by atoms with Crippen molar-refractivity contribution in [3.8, 4) is 0 Å². The zero-order chi connectivity index (χ0) is 13.0. The zero-order valence-electron chi connectivity index (χ0n) is 9.70. The molecule has 0 N–H and O–H groups in total. The Kier molecular flexibility index (Phi) is 1.79. The van der Waals surface area contributed by atoms with Crippen molar-refractivity contribution in [2.75, 3.05) is 0 Å². The van der Waals surface area contributed by atoms with Gasteiger partial charge in [0.05, 0.1) is 5.56 Å². The van der Waals surface area contributed by atoms with E-state index in [1.54, 1.807) is 34.9 Å². The van der Waals surface area contributed by atoms with Crippen molar-refractivity contribution >= 4 is 17.2 Å². The third kappa shape index (κ3) is 1.18. The minimum absolute atomic E-state index is 0.183. The Hall–Kier alpha value is -2.82. The van der Waals surface area contributed by atoms with Gasteiger partial charge < -0.3 is 0 Å². The molecule has 0 unspecified atom stereocenters. The Morgan fingerprint density at radius 2 is 1.84 bits per heavy atom. The highest BCUT2D eigenvalue weighted by Crippen LogP contribution is 2.26. The second kappa shape index (κ2) is 3.35. The van der Waals surface area contributed by atoms with E-state index >= 15 is 0 Å². The molecule has 0 aliphatic heterocycles. The van der Waals surface area contributed by atoms with Gasteiger partial charge in [-0.2, -0.15) is 0 Å². The Morgan fingerprint density at radius 3 is 2.74 bits per heavy atom. The quantitative estimate of drug-likeness (QED) is 0.474. The first-order chi connectivity index (χ1) is 9.27. The van der Waals surface area contributed by atoms with Crippen LogP contribution in [-0.2, 0) is 0 Å². The second-order valence-electron chi connectivity index (χ2n) is 4.30. The van der Waals surface area contributed by atoms with Crippen LogP contribution in [0.15, 0.2) is 42.7 Å². The average molecular weight is 249 g/mol. The summed E-state index contributed by atoms with van der Waals surface area (Å²) in [5.41, 5.74) is 1.61. The number of aromatic nitrogens is 3. The Labute approximate surface area is 107 Å². The van der Waals surface area contributed by atoms with Crippen molar-refractivity contribution in [1.29, 1.82) is 0 Å². The van der Waals surface area contributed by atoms with Crippen molar-refractivity contribution in [2.45, 2.75) is 0 Å². The average Bonchev–Trinajstić information content (AvgIpc) is 2.84. The number of nitrogens with zero attached hydrogens (tertiary/aromatic N) is 3. The molecule has 1 aliphatic rings. The SMILES string of the molecule is O=C1c2ncccc2C(=O)c2c1nc1ccccn21. The molecule has 0 saturated heterocycles. The molecule has 0 fully saturated rings. The number of carbonyl (C=O) groups excluding carboxylic acids is 2. The van der Waals surface area contributed by atoms with Gasteiger partial charge in [0.15, 0.2) is 0 Å². The van der Waals surface area contributed by atoms with E-state index in [0.29, 0.717) is 16.9 Å². The van der Waals surface area contributed by atoms with Crippen LogP contribution in [0.5, 0.6) is 0 Å². The number of imidazole rings is 1. The van der Waals surface area contributed by atoms with E-state index in [-0.39, 0.29) is 23.0 Å². The van der Waals surface area contributed by atoms with Gasteiger partial charge >= 0.3 is 0 Å². The Bertz CT molecular complexity index is 864. The van der Waals surface area contributed by atoms with Crippen molar-refractivity contribution in [3.05, 3.63) is 65.4 Å². The molecule has 1 aliphatic carbocycles. The number of carbonyl (C=O) groups is 2. The summed E-state index contributed by atoms with van der Waals surface area (Å²) in [5, 5.41) is 0. The standard InChI is InChI=1S/C14H7N3O2/c18-13-8-4-3-6-15-10(8)14(19)11-12(13)17-7-2-1-5-9(17)16-11/h1-7H. The van der Waals surface area contributed by atoms with E-state index in [0.717, 1.165) is 0 Å². The fourth-order valence-corrected chi connectivity index (χ4v) is 2.38. The molecule has 0 spiro atoms. The van der Waals surface area contributed by atoms with E-state index in [4.69, 9.17) is 0 Å². The summed E-state index contributed by atoms with van der Waals surface area (Å²) < 4.78 is 1.64. The maximum Gasteiger partial charge on any atom is 0.232 e. The number of pyridine rings is 2. The number of hydrogen-bond acceptors (Lipinski definition) is 4. The molecule has 5 nitrogen and oxygen atoms in total. The molecule has 0 atom stereocenters. The van der Waals surface area contributed by atoms with E-state index in [1.807, 2.05) is 6.07 Å². The van der Waals surface area contributed by atoms with Crippen LogP contribution in [0.25, 0.3) is 5.65 Å². The van der Waals surface area contributed by atoms with E-state index in [2.05, 4.69) is 9.97 Å². The van der Waals surface area contributed by atoms with Crippen LogP contribution in [0.2, 0.25) is 0 Å². The highest BCUT2D eigenvalue weighted by Gasteiger charge is 2.34. The monoisotopic (exact) mass is 249 g/mol. The summed E-state index contributed by atoms with van der Waals surface area (Å²) in [4.78, 5) is 33.0. The first kappa shape index (κ1) is 10.1. The van der Waals surface area contributed by atoms with Crippen molar-refractivity contribution in [1.82, 2.24) is 14.4 Å². The minimum Gasteiger partial charge on any atom is -0.296 e. The fraction of sp³-hybridized carbons (Fsp3) is 0. The number of fused-ring (bicyclic) bond motifs is 4. The van der Waals surface area contributed by atoms with Crippen LogP contribution in [0.1, 0.15) is 32.2 Å². The fourth-order valence-electron chi connectivity index (χ4n) is 2.38. The summed E-state index contributed by atoms with van der Waals surface area (Å²) in [5.74, 6) is -0.509. The summed E-state index contributed by atoms with van der Waals surface area (Å²) in [6.07, 6.45) is 3.23. The maximum atomic E-state index is 12.5. The molecule has 3 aromatic rings. The van der Waals surface area contributed by atoms with E-state index in [1.165, 1.54) is 6.20 Å². The highest BCUT2D eigenvalue weighted by molar-refractivity contribution is 6.26. The Morgan fingerprint density at radius 1 is 0.947 bits per heavy atom. The van der Waals surface area contributed by atoms with Gasteiger partial charge in [-0.25, -0.2) is 4.98 Å². The smallest absolute Gasteiger partial charge is 0.232 e. The second-order valence-corrected chi connectivity index (χ2v) is 4.30. The molecule has 0 bridgehead atoms. The van der Waals surface area contributed by atoms with E-state index in [9.17, 15) is 9.59 Å². The molecular weight excluding hydrogens is 242 g/mol. The number of rotatable bonds is 0. The number of hydrogen-bond donors (Lipinski definition) is 0. The van der Waals surface area contributed by atoms with Gasteiger partial charge in [-0.3, -0.25) is 19.0 Å². The van der Waals surface area contributed by atoms with Gasteiger partial charge in [-0.15, -0.1) is 0 Å². The third-order valence-corrected chi connectivity index (χ3v) is 3.23. The summed E-state index contributed by atoms with van der Waals surface area (Å²) >= 11 is 0. The Balaban J connectivity index is 2.14. The molecule has 19 heavy (non-hydrogen) atoms. The molecule has 5 heteroatoms. The van der Waals surface area contributed by atoms with Gasteiger partial charge in [0.1, 0.15) is 22.7 Å². The number of ketones is 2. The lowest BCUT2D eigenvalue weighted by Crippen LogP contribution is -2.23. The predicted octanol–water partition coefficient (Wildman–Crippen LogP) is 1.50. The molecular formula is C14H7N3O2. The molecule has 3 aromatic heterocycles. The van der Waals surface area contributed by atoms with Crippen LogP contribution >= 0.6 is 0 Å². The minimum atomic E-state index is -0.297. The topological polar surface area (TPSA) is 64.3 Å². The first-order valence-electron chi connectivity index (χ1n) is 5.79. The molecule has 0 aromatic carbocycles. The van der Waals surface area contributed by atoms with Crippen molar-refractivity contribution in [2.24, 2.45) is 0 Å². The predicted molar refractivity (Wildman–Crippen MR) is 66.3 cm³/mol. The summed E-state index contributed by atoms with van der Waals surface area (Å²) in [6, 6.07) is 8.64. The van der Waals surface area contributed by atoms with Gasteiger partial charge in [0.2, 0.25) is 11.6 Å². The van der Waals surface area contributed by atoms with Crippen molar-refractivity contribution in [3.63, 3.8) is 0 Å². The largest absolute Gasteiger partial charge is 0.296 e. The van der Waals surface area contributed by atoms with Gasteiger partial charge in [0, 0.05) is 12.4 Å². The zero-order valence-corrected chi connectivity index (χ0v) is 9.70. The molecule has 90 valence electrons. The lowest BCUT2D eigenvalue weighted by Gasteiger charge is -2.12. The summed E-state index contributed by atoms with van der Waals surface area (Å²) in [7, 11) is 0. The van der Waals surface area contributed by atoms with Gasteiger partial charge in [-0.05, 0) is 24.3 Å². The normalized spacial score (nSPS) is 13.5. The molecule has 4 rings (SSSR count). The van der Waals surface area contributed by atoms with Crippen LogP contribution in [0.4, 0.5) is 0 Å². The van der Waals surface area contributed by atoms with E-state index < -0.39 is 0 Å². The lowest BCUT2D eigenvalue weighted by atomic mass is 9.94. The van der Waals surface area contributed by atoms with Crippen LogP contribution in [0.3, 0.4) is 0 Å². The third-order valence-electron chi connectivity index (χ3n) is 3.23. The van der Waals surface area contributed by atoms with Crippen LogP contribution in [-0.4, -0.2) is 25.9 Å². The van der Waals surface area contributed by atoms with Crippen LogP contribution in [0, 0.1) is 0 Å². The van der Waals surface area contributed by atoms with Crippen LogP contribution < -0.4 is 0 Å². The summed E-state index contributed by atoms with van der Waals surface area (Å²) in [6.45, 7) is 0.